The third-order valence-electron chi connectivity index (χ3n) is 7.28. The number of nitrogens with zero attached hydrogens (tertiary/aromatic N) is 4. The number of aromatic nitrogens is 1. The second kappa shape index (κ2) is 9.52. The molecule has 0 radical (unpaired) electrons. The van der Waals surface area contributed by atoms with E-state index >= 15 is 0 Å². The number of nitrogen functional groups attached to an aromatic ring is 1. The van der Waals surface area contributed by atoms with Crippen LogP contribution in [0.2, 0.25) is 0 Å². The summed E-state index contributed by atoms with van der Waals surface area (Å²) in [6, 6.07) is 9.47. The summed E-state index contributed by atoms with van der Waals surface area (Å²) in [6.45, 7) is 5.65. The van der Waals surface area contributed by atoms with Gasteiger partial charge in [-0.25, -0.2) is 4.98 Å². The maximum Gasteiger partial charge on any atom is 0.254 e. The third-order valence-corrected chi connectivity index (χ3v) is 7.28. The molecule has 9 nitrogen and oxygen atoms in total. The van der Waals surface area contributed by atoms with Gasteiger partial charge >= 0.3 is 0 Å². The molecule has 2 atom stereocenters. The monoisotopic (exact) mass is 462 g/mol. The Balaban J connectivity index is 1.21. The van der Waals surface area contributed by atoms with Crippen LogP contribution in [-0.2, 0) is 22.7 Å². The number of fused-ring (bicyclic) bond motifs is 1. The van der Waals surface area contributed by atoms with Crippen molar-refractivity contribution in [1.29, 1.82) is 0 Å². The molecule has 2 unspecified atom stereocenters. The minimum atomic E-state index is -0.424. The number of nitrogens with one attached hydrogen (secondary N) is 1. The van der Waals surface area contributed by atoms with Gasteiger partial charge in [0.1, 0.15) is 5.82 Å². The van der Waals surface area contributed by atoms with Crippen molar-refractivity contribution < 1.29 is 14.4 Å². The number of carbonyl (C=O) groups is 3. The van der Waals surface area contributed by atoms with E-state index in [1.165, 1.54) is 5.56 Å². The first-order valence-electron chi connectivity index (χ1n) is 11.9. The zero-order chi connectivity index (χ0) is 23.7. The highest BCUT2D eigenvalue weighted by Crippen LogP contribution is 2.31. The molecule has 3 aliphatic heterocycles. The van der Waals surface area contributed by atoms with E-state index in [1.807, 2.05) is 35.4 Å². The van der Waals surface area contributed by atoms with Crippen LogP contribution in [0.5, 0.6) is 0 Å². The first kappa shape index (κ1) is 22.5. The standard InChI is InChI=1S/C25H30N6O3/c26-24-7-5-18(12-28-24)30-10-8-29(9-11-30)14-17-2-1-3-20-21(17)15-31(25(20)34)19-4-6-22(27-13-19)23(33)16-32/h1-3,5,7,12,16,19,22,27H,4,6,8-11,13-15H2,(H2,26,28). The molecule has 9 heteroatoms. The lowest BCUT2D eigenvalue weighted by atomic mass is 9.97. The van der Waals surface area contributed by atoms with Crippen molar-refractivity contribution in [3.63, 3.8) is 0 Å². The van der Waals surface area contributed by atoms with Crippen LogP contribution in [0.1, 0.15) is 34.3 Å². The molecule has 0 saturated carbocycles. The number of ketones is 1. The normalized spacial score (nSPS) is 23.1. The Labute approximate surface area is 198 Å². The number of hydrogen-bond donors (Lipinski definition) is 2. The van der Waals surface area contributed by atoms with Crippen LogP contribution in [0.25, 0.3) is 0 Å². The summed E-state index contributed by atoms with van der Waals surface area (Å²) < 4.78 is 0. The second-order valence-electron chi connectivity index (χ2n) is 9.29. The number of Topliss-reactive ketones (excluding diaryl/α,β-unsaturated/α-hetero) is 1. The summed E-state index contributed by atoms with van der Waals surface area (Å²) >= 11 is 0. The van der Waals surface area contributed by atoms with Gasteiger partial charge in [0.2, 0.25) is 5.78 Å². The number of carbonyl (C=O) groups excluding carboxylic acids is 3. The third kappa shape index (κ3) is 4.41. The van der Waals surface area contributed by atoms with Gasteiger partial charge in [-0.15, -0.1) is 0 Å². The van der Waals surface area contributed by atoms with Crippen LogP contribution < -0.4 is 16.0 Å². The van der Waals surface area contributed by atoms with Crippen LogP contribution in [0.4, 0.5) is 11.5 Å². The average molecular weight is 463 g/mol. The molecule has 1 aromatic carbocycles. The molecule has 3 N–H and O–H groups in total. The molecule has 4 heterocycles. The number of piperazine rings is 1. The highest BCUT2D eigenvalue weighted by atomic mass is 16.2. The van der Waals surface area contributed by atoms with Gasteiger partial charge in [0, 0.05) is 57.4 Å². The number of hydrogen-bond acceptors (Lipinski definition) is 8. The van der Waals surface area contributed by atoms with E-state index in [9.17, 15) is 14.4 Å². The lowest BCUT2D eigenvalue weighted by molar-refractivity contribution is -0.131. The van der Waals surface area contributed by atoms with Crippen LogP contribution in [0, 0.1) is 0 Å². The Bertz CT molecular complexity index is 1070. The van der Waals surface area contributed by atoms with Gasteiger partial charge in [-0.05, 0) is 42.2 Å². The maximum absolute atomic E-state index is 13.2. The van der Waals surface area contributed by atoms with Gasteiger partial charge < -0.3 is 20.9 Å². The molecule has 0 spiro atoms. The number of anilines is 2. The smallest absolute Gasteiger partial charge is 0.254 e. The summed E-state index contributed by atoms with van der Waals surface area (Å²) in [7, 11) is 0. The predicted molar refractivity (Wildman–Crippen MR) is 128 cm³/mol. The fourth-order valence-electron chi connectivity index (χ4n) is 5.28. The van der Waals surface area contributed by atoms with Crippen molar-refractivity contribution in [2.75, 3.05) is 43.4 Å². The van der Waals surface area contributed by atoms with Gasteiger partial charge in [-0.3, -0.25) is 19.3 Å². The predicted octanol–water partition coefficient (Wildman–Crippen LogP) is 0.830. The van der Waals surface area contributed by atoms with Crippen LogP contribution in [0.15, 0.2) is 36.5 Å². The largest absolute Gasteiger partial charge is 0.384 e. The molecule has 0 aliphatic carbocycles. The second-order valence-corrected chi connectivity index (χ2v) is 9.29. The Morgan fingerprint density at radius 3 is 2.65 bits per heavy atom. The summed E-state index contributed by atoms with van der Waals surface area (Å²) in [6.07, 6.45) is 3.50. The molecule has 1 aromatic heterocycles. The lowest BCUT2D eigenvalue weighted by Gasteiger charge is -2.36. The van der Waals surface area contributed by atoms with Crippen LogP contribution in [-0.4, -0.2) is 77.6 Å². The first-order chi connectivity index (χ1) is 16.5. The number of amides is 1. The number of aldehydes is 1. The number of benzene rings is 1. The van der Waals surface area contributed by atoms with E-state index in [-0.39, 0.29) is 11.9 Å². The SMILES string of the molecule is Nc1ccc(N2CCN(Cc3cccc4c3CN(C3CCC(C(=O)C=O)NC3)C4=O)CC2)cn1. The van der Waals surface area contributed by atoms with Gasteiger partial charge in [0.15, 0.2) is 6.29 Å². The topological polar surface area (TPSA) is 112 Å². The van der Waals surface area contributed by atoms with Crippen molar-refractivity contribution in [3.8, 4) is 0 Å². The Kier molecular flexibility index (Phi) is 6.30. The summed E-state index contributed by atoms with van der Waals surface area (Å²) in [5, 5.41) is 3.15. The van der Waals surface area contributed by atoms with E-state index in [2.05, 4.69) is 26.2 Å². The minimum absolute atomic E-state index is 0.0283. The Morgan fingerprint density at radius 1 is 1.15 bits per heavy atom. The molecule has 2 saturated heterocycles. The van der Waals surface area contributed by atoms with Gasteiger partial charge in [-0.1, -0.05) is 12.1 Å². The van der Waals surface area contributed by atoms with Gasteiger partial charge in [0.05, 0.1) is 17.9 Å². The number of nitrogens with two attached hydrogens (primary N) is 1. The molecule has 1 amide bonds. The summed E-state index contributed by atoms with van der Waals surface area (Å²) in [5.74, 6) is 0.177. The first-order valence-corrected chi connectivity index (χ1v) is 11.9. The molecule has 2 fully saturated rings. The Morgan fingerprint density at radius 2 is 1.97 bits per heavy atom. The molecular formula is C25H30N6O3. The molecule has 178 valence electrons. The van der Waals surface area contributed by atoms with Crippen molar-refractivity contribution >= 4 is 29.5 Å². The molecule has 5 rings (SSSR count). The highest BCUT2D eigenvalue weighted by Gasteiger charge is 2.37. The average Bonchev–Trinajstić information content (AvgIpc) is 3.22. The van der Waals surface area contributed by atoms with E-state index in [0.717, 1.165) is 49.5 Å². The number of rotatable bonds is 6. The molecule has 3 aliphatic rings. The van der Waals surface area contributed by atoms with Crippen LogP contribution in [0.3, 0.4) is 0 Å². The molecule has 2 aromatic rings. The fraction of sp³-hybridized carbons (Fsp3) is 0.440. The van der Waals surface area contributed by atoms with Crippen molar-refractivity contribution in [3.05, 3.63) is 53.2 Å². The molecular weight excluding hydrogens is 432 g/mol. The highest BCUT2D eigenvalue weighted by molar-refractivity contribution is 6.27. The van der Waals surface area contributed by atoms with Crippen LogP contribution >= 0.6 is 0 Å². The maximum atomic E-state index is 13.2. The molecule has 0 bridgehead atoms. The van der Waals surface area contributed by atoms with Gasteiger partial charge in [-0.2, -0.15) is 0 Å². The minimum Gasteiger partial charge on any atom is -0.384 e. The van der Waals surface area contributed by atoms with E-state index in [0.29, 0.717) is 38.0 Å². The number of pyridine rings is 1. The zero-order valence-electron chi connectivity index (χ0n) is 19.2. The van der Waals surface area contributed by atoms with E-state index < -0.39 is 11.8 Å². The van der Waals surface area contributed by atoms with Crippen molar-refractivity contribution in [2.45, 2.75) is 38.0 Å². The lowest BCUT2D eigenvalue weighted by Crippen LogP contribution is -2.52. The van der Waals surface area contributed by atoms with Crippen molar-refractivity contribution in [1.82, 2.24) is 20.1 Å². The van der Waals surface area contributed by atoms with Gasteiger partial charge in [0.25, 0.3) is 5.91 Å². The fourth-order valence-corrected chi connectivity index (χ4v) is 5.28. The quantitative estimate of drug-likeness (QED) is 0.480. The zero-order valence-corrected chi connectivity index (χ0v) is 19.2. The van der Waals surface area contributed by atoms with Crippen molar-refractivity contribution in [2.24, 2.45) is 0 Å². The summed E-state index contributed by atoms with van der Waals surface area (Å²) in [4.78, 5) is 46.5. The number of piperidine rings is 1. The van der Waals surface area contributed by atoms with E-state index in [1.54, 1.807) is 0 Å². The summed E-state index contributed by atoms with van der Waals surface area (Å²) in [5.41, 5.74) is 9.90. The Hall–Kier alpha value is -3.30. The van der Waals surface area contributed by atoms with E-state index in [4.69, 9.17) is 5.73 Å². The molecule has 34 heavy (non-hydrogen) atoms.